The fraction of sp³-hybridized carbons (Fsp3) is 0. The van der Waals surface area contributed by atoms with Crippen LogP contribution in [-0.2, 0) is 20.0 Å². The zero-order valence-electron chi connectivity index (χ0n) is 23.1. The molecule has 0 unspecified atom stereocenters. The van der Waals surface area contributed by atoms with Gasteiger partial charge in [0.25, 0.3) is 0 Å². The van der Waals surface area contributed by atoms with Crippen molar-refractivity contribution in [3.05, 3.63) is 182 Å². The van der Waals surface area contributed by atoms with Crippen molar-refractivity contribution in [2.75, 3.05) is 0 Å². The van der Waals surface area contributed by atoms with Crippen LogP contribution in [0.5, 0.6) is 0 Å². The molecule has 0 aromatic heterocycles. The summed E-state index contributed by atoms with van der Waals surface area (Å²) in [6.07, 6.45) is 0. The third-order valence-corrected chi connectivity index (χ3v) is 12.9. The molecule has 0 spiro atoms. The Hall–Kier alpha value is -2.77. The molecule has 6 rings (SSSR count). The average Bonchev–Trinajstić information content (AvgIpc) is 3.10. The zero-order chi connectivity index (χ0) is 30.4. The molecule has 220 valence electrons. The van der Waals surface area contributed by atoms with Crippen LogP contribution in [0.2, 0.25) is 0 Å². The van der Waals surface area contributed by atoms with Crippen LogP contribution in [0.3, 0.4) is 0 Å². The molecule has 7 heteroatoms. The molecule has 0 saturated heterocycles. The van der Waals surface area contributed by atoms with Crippen LogP contribution >= 0.6 is 42.7 Å². The second-order valence-electron chi connectivity index (χ2n) is 9.28. The summed E-state index contributed by atoms with van der Waals surface area (Å²) < 4.78 is 27.6. The Kier molecular flexibility index (Phi) is 13.0. The van der Waals surface area contributed by atoms with Crippen LogP contribution in [0.25, 0.3) is 0 Å². The SMILES string of the molecule is O=P(c1ccccc1)(c1ccccc1)c1ccccc1.O=P(c1ccccc1)(c1ccccc1)c1ccccc1.[Br][Ni][Br]. The molecule has 0 heterocycles. The molecule has 6 aromatic carbocycles. The van der Waals surface area contributed by atoms with Gasteiger partial charge in [0.15, 0.2) is 14.3 Å². The van der Waals surface area contributed by atoms with Crippen molar-refractivity contribution in [3.63, 3.8) is 0 Å². The first kappa shape index (κ1) is 33.1. The Morgan fingerprint density at radius 1 is 0.302 bits per heavy atom. The fourth-order valence-corrected chi connectivity index (χ4v) is 10.1. The zero-order valence-corrected chi connectivity index (χ0v) is 29.1. The predicted octanol–water partition coefficient (Wildman–Crippen LogP) is 8.34. The Morgan fingerprint density at radius 2 is 0.419 bits per heavy atom. The van der Waals surface area contributed by atoms with Crippen molar-refractivity contribution in [2.24, 2.45) is 0 Å². The summed E-state index contributed by atoms with van der Waals surface area (Å²) in [6, 6.07) is 58.3. The molecular formula is C36H30Br2NiO2P2. The molecule has 0 saturated carbocycles. The molecule has 2 nitrogen and oxygen atoms in total. The monoisotopic (exact) mass is 772 g/mol. The van der Waals surface area contributed by atoms with Crippen molar-refractivity contribution in [2.45, 2.75) is 0 Å². The van der Waals surface area contributed by atoms with Crippen molar-refractivity contribution in [1.82, 2.24) is 0 Å². The van der Waals surface area contributed by atoms with E-state index in [0.717, 1.165) is 31.8 Å². The fourth-order valence-electron chi connectivity index (χ4n) is 4.72. The standard InChI is InChI=1S/2C18H15OP.2BrH.Ni/c2*19-20(16-10-4-1-5-11-16,17-12-6-2-7-13-17)18-14-8-3-9-15-18;;;/h2*1-15H;2*1H;/q;;;;+2/p-2. The summed E-state index contributed by atoms with van der Waals surface area (Å²) in [7, 11) is -4.30. The Balaban J connectivity index is 0.000000181. The third kappa shape index (κ3) is 8.24. The molecule has 6 aromatic rings. The predicted molar refractivity (Wildman–Crippen MR) is 190 cm³/mol. The number of halogens is 2. The summed E-state index contributed by atoms with van der Waals surface area (Å²) in [4.78, 5) is 0. The molecule has 0 atom stereocenters. The van der Waals surface area contributed by atoms with Crippen LogP contribution in [0.1, 0.15) is 0 Å². The Bertz CT molecular complexity index is 1400. The summed E-state index contributed by atoms with van der Waals surface area (Å²) in [5.74, 6) is 0. The van der Waals surface area contributed by atoms with E-state index in [0.29, 0.717) is 0 Å². The van der Waals surface area contributed by atoms with E-state index >= 15 is 0 Å². The van der Waals surface area contributed by atoms with Gasteiger partial charge in [-0.3, -0.25) is 0 Å². The van der Waals surface area contributed by atoms with E-state index < -0.39 is 14.3 Å². The number of hydrogen-bond donors (Lipinski definition) is 0. The van der Waals surface area contributed by atoms with Gasteiger partial charge in [0, 0.05) is 31.8 Å². The van der Waals surface area contributed by atoms with Crippen LogP contribution in [0.4, 0.5) is 0 Å². The normalized spacial score (nSPS) is 10.9. The average molecular weight is 775 g/mol. The van der Waals surface area contributed by atoms with E-state index in [1.807, 2.05) is 182 Å². The second kappa shape index (κ2) is 16.9. The first-order valence-electron chi connectivity index (χ1n) is 13.4. The van der Waals surface area contributed by atoms with Gasteiger partial charge in [0.1, 0.15) is 0 Å². The summed E-state index contributed by atoms with van der Waals surface area (Å²) in [5.41, 5.74) is 0. The second-order valence-corrected chi connectivity index (χ2v) is 19.8. The molecule has 43 heavy (non-hydrogen) atoms. The first-order valence-corrected chi connectivity index (χ1v) is 21.7. The minimum absolute atomic E-state index is 0.873. The van der Waals surface area contributed by atoms with E-state index in [4.69, 9.17) is 0 Å². The van der Waals surface area contributed by atoms with E-state index in [1.165, 1.54) is 10.9 Å². The summed E-state index contributed by atoms with van der Waals surface area (Å²) in [5, 5.41) is 5.24. The van der Waals surface area contributed by atoms with Gasteiger partial charge in [-0.15, -0.1) is 0 Å². The Labute approximate surface area is 274 Å². The van der Waals surface area contributed by atoms with Crippen molar-refractivity contribution in [3.8, 4) is 0 Å². The van der Waals surface area contributed by atoms with Crippen molar-refractivity contribution in [1.29, 1.82) is 0 Å². The van der Waals surface area contributed by atoms with E-state index in [-0.39, 0.29) is 0 Å². The van der Waals surface area contributed by atoms with Crippen molar-refractivity contribution < 1.29 is 20.0 Å². The molecule has 0 aliphatic carbocycles. The van der Waals surface area contributed by atoms with E-state index in [9.17, 15) is 9.13 Å². The van der Waals surface area contributed by atoms with Gasteiger partial charge in [-0.05, 0) is 0 Å². The van der Waals surface area contributed by atoms with E-state index in [2.05, 4.69) is 28.5 Å². The maximum atomic E-state index is 13.8. The molecule has 0 amide bonds. The topological polar surface area (TPSA) is 34.1 Å². The van der Waals surface area contributed by atoms with Gasteiger partial charge in [-0.2, -0.15) is 0 Å². The van der Waals surface area contributed by atoms with Crippen molar-refractivity contribution >= 4 is 74.6 Å². The third-order valence-electron chi connectivity index (χ3n) is 6.72. The Morgan fingerprint density at radius 3 is 0.535 bits per heavy atom. The molecule has 0 radical (unpaired) electrons. The van der Waals surface area contributed by atoms with Gasteiger partial charge in [0.05, 0.1) is 0 Å². The summed E-state index contributed by atoms with van der Waals surface area (Å²) in [6.45, 7) is 0. The van der Waals surface area contributed by atoms with Crippen LogP contribution < -0.4 is 31.8 Å². The van der Waals surface area contributed by atoms with Gasteiger partial charge >= 0.3 is 39.3 Å². The van der Waals surface area contributed by atoms with Gasteiger partial charge in [-0.1, -0.05) is 182 Å². The quantitative estimate of drug-likeness (QED) is 0.126. The number of hydrogen-bond acceptors (Lipinski definition) is 2. The number of benzene rings is 6. The number of rotatable bonds is 6. The molecule has 0 N–H and O–H groups in total. The molecule has 0 aliphatic heterocycles. The maximum absolute atomic E-state index is 13.8. The molecule has 0 bridgehead atoms. The van der Waals surface area contributed by atoms with Gasteiger partial charge < -0.3 is 9.13 Å². The van der Waals surface area contributed by atoms with Crippen LogP contribution in [0, 0.1) is 0 Å². The molecule has 0 aliphatic rings. The minimum atomic E-state index is -2.78. The van der Waals surface area contributed by atoms with Gasteiger partial charge in [-0.25, -0.2) is 0 Å². The first-order chi connectivity index (χ1) is 21.0. The van der Waals surface area contributed by atoms with Gasteiger partial charge in [0.2, 0.25) is 0 Å². The van der Waals surface area contributed by atoms with E-state index in [1.54, 1.807) is 0 Å². The summed E-state index contributed by atoms with van der Waals surface area (Å²) >= 11 is 6.00. The van der Waals surface area contributed by atoms with Crippen LogP contribution in [-0.4, -0.2) is 0 Å². The van der Waals surface area contributed by atoms with Crippen LogP contribution in [0.15, 0.2) is 182 Å². The molecular weight excluding hydrogens is 745 g/mol. The molecule has 0 fully saturated rings.